The summed E-state index contributed by atoms with van der Waals surface area (Å²) >= 11 is 0. The lowest BCUT2D eigenvalue weighted by molar-refractivity contribution is -0.946. The first kappa shape index (κ1) is 38.4. The molecule has 54 heavy (non-hydrogen) atoms. The molecule has 2 fully saturated rings. The molecule has 0 spiro atoms. The molecule has 4 aliphatic heterocycles. The Kier molecular flexibility index (Phi) is 11.9. The number of esters is 1. The summed E-state index contributed by atoms with van der Waals surface area (Å²) in [6.07, 6.45) is -3.98. The molecule has 2 saturated heterocycles. The Labute approximate surface area is 312 Å². The number of benzene rings is 4. The van der Waals surface area contributed by atoms with Gasteiger partial charge in [0.2, 0.25) is 11.8 Å². The number of anilines is 1. The van der Waals surface area contributed by atoms with E-state index in [1.807, 2.05) is 77.7 Å². The molecule has 2 bridgehead atoms. The summed E-state index contributed by atoms with van der Waals surface area (Å²) in [6.45, 7) is 5.72. The monoisotopic (exact) mass is 741 g/mol. The number of rotatable bonds is 12. The second-order valence-electron chi connectivity index (χ2n) is 14.1. The minimum atomic E-state index is -4.85. The van der Waals surface area contributed by atoms with Crippen molar-refractivity contribution < 1.29 is 41.9 Å². The van der Waals surface area contributed by atoms with E-state index in [-0.39, 0.29) is 23.8 Å². The van der Waals surface area contributed by atoms with Gasteiger partial charge in [0.05, 0.1) is 44.7 Å². The highest BCUT2D eigenvalue weighted by atomic mass is 19.4. The number of quaternary nitrogens is 1. The second kappa shape index (κ2) is 16.8. The number of nitrogens with one attached hydrogen (secondary N) is 1. The molecule has 0 radical (unpaired) electrons. The number of halogens is 3. The highest BCUT2D eigenvalue weighted by Crippen LogP contribution is 2.46. The minimum absolute atomic E-state index is 0.0130. The van der Waals surface area contributed by atoms with Crippen LogP contribution in [0.5, 0.6) is 0 Å². The van der Waals surface area contributed by atoms with Gasteiger partial charge < -0.3 is 24.5 Å². The van der Waals surface area contributed by atoms with Crippen LogP contribution in [0.4, 0.5) is 18.9 Å². The number of β-lactam (4-membered cyclic amide) rings is 1. The lowest BCUT2D eigenvalue weighted by Crippen LogP contribution is -2.67. The van der Waals surface area contributed by atoms with E-state index in [1.165, 1.54) is 11.3 Å². The fourth-order valence-corrected chi connectivity index (χ4v) is 7.41. The van der Waals surface area contributed by atoms with Crippen LogP contribution in [0.15, 0.2) is 114 Å². The molecule has 0 aromatic heterocycles. The second-order valence-corrected chi connectivity index (χ2v) is 14.1. The third-order valence-electron chi connectivity index (χ3n) is 10.3. The molecule has 8 rings (SSSR count). The van der Waals surface area contributed by atoms with Crippen molar-refractivity contribution in [1.82, 2.24) is 5.32 Å². The summed E-state index contributed by atoms with van der Waals surface area (Å²) in [5.41, 5.74) is 7.47. The standard InChI is InChI=1S/C39H40N4O3.C3H3F3O2/c44-36(31-7-3-1-4-8-31)20-19-35-38(32-9-5-2-6-10-32)42(39(35)46)34-17-15-29(16-18-34)24-41-37(45)23-28-11-13-30(14-12-28)25-43-22-21-40-33(26-43)27-43;1-8-2(7)3(4,5)6/h1-18,35-36,38,44H,19-27H2;1H3/p+1. The molecule has 0 aliphatic carbocycles. The number of hydrogen-bond donors (Lipinski definition) is 2. The van der Waals surface area contributed by atoms with Crippen LogP contribution in [0, 0.1) is 5.92 Å². The Morgan fingerprint density at radius 3 is 2.09 bits per heavy atom. The zero-order valence-corrected chi connectivity index (χ0v) is 30.0. The Balaban J connectivity index is 0.000000561. The maximum absolute atomic E-state index is 13.5. The number of aliphatic imine (C=N–C) groups is 1. The molecule has 4 aliphatic rings. The summed E-state index contributed by atoms with van der Waals surface area (Å²) in [7, 11) is 0.676. The Morgan fingerprint density at radius 2 is 1.52 bits per heavy atom. The molecule has 3 unspecified atom stereocenters. The number of nitrogens with zero attached hydrogens (tertiary/aromatic N) is 3. The summed E-state index contributed by atoms with van der Waals surface area (Å²) < 4.78 is 37.4. The van der Waals surface area contributed by atoms with Crippen molar-refractivity contribution in [3.05, 3.63) is 137 Å². The van der Waals surface area contributed by atoms with Crippen LogP contribution in [0.25, 0.3) is 0 Å². The molecular formula is C42H44F3N4O5+. The molecule has 9 nitrogen and oxygen atoms in total. The van der Waals surface area contributed by atoms with Gasteiger partial charge >= 0.3 is 12.1 Å². The Bertz CT molecular complexity index is 1930. The number of carbonyl (C=O) groups is 3. The fraction of sp³-hybridized carbons (Fsp3) is 0.333. The van der Waals surface area contributed by atoms with Gasteiger partial charge in [-0.05, 0) is 47.2 Å². The van der Waals surface area contributed by atoms with E-state index in [9.17, 15) is 32.7 Å². The lowest BCUT2D eigenvalue weighted by atomic mass is 9.78. The van der Waals surface area contributed by atoms with E-state index in [0.29, 0.717) is 32.9 Å². The summed E-state index contributed by atoms with van der Waals surface area (Å²) in [5.74, 6) is -2.30. The van der Waals surface area contributed by atoms with Gasteiger partial charge in [-0.1, -0.05) is 97.1 Å². The zero-order chi connectivity index (χ0) is 38.3. The van der Waals surface area contributed by atoms with Crippen LogP contribution in [0.1, 0.15) is 52.8 Å². The number of ether oxygens (including phenoxy) is 1. The van der Waals surface area contributed by atoms with Crippen LogP contribution in [0.2, 0.25) is 0 Å². The van der Waals surface area contributed by atoms with E-state index in [0.717, 1.165) is 65.1 Å². The highest BCUT2D eigenvalue weighted by Gasteiger charge is 2.48. The number of aliphatic hydroxyl groups is 1. The van der Waals surface area contributed by atoms with Crippen molar-refractivity contribution in [3.63, 3.8) is 0 Å². The average molecular weight is 742 g/mol. The van der Waals surface area contributed by atoms with E-state index in [2.05, 4.69) is 51.4 Å². The molecule has 3 atom stereocenters. The normalized spacial score (nSPS) is 18.9. The third kappa shape index (κ3) is 9.23. The maximum Gasteiger partial charge on any atom is 0.490 e. The number of methoxy groups -OCH3 is 1. The number of amides is 2. The van der Waals surface area contributed by atoms with Gasteiger partial charge in [0, 0.05) is 17.8 Å². The fourth-order valence-electron chi connectivity index (χ4n) is 7.41. The quantitative estimate of drug-likeness (QED) is 0.101. The van der Waals surface area contributed by atoms with Gasteiger partial charge in [0.15, 0.2) is 0 Å². The SMILES string of the molecule is COC(=O)C(F)(F)F.O=C(Cc1ccc(C[N+]23CCN=C(C2)C3)cc1)NCc1ccc(N2C(=O)C(CCC(O)c3ccccc3)C2c2ccccc2)cc1. The first-order valence-electron chi connectivity index (χ1n) is 18.0. The van der Waals surface area contributed by atoms with Crippen molar-refractivity contribution in [2.75, 3.05) is 38.2 Å². The van der Waals surface area contributed by atoms with Crippen molar-refractivity contribution in [3.8, 4) is 0 Å². The number of carbonyl (C=O) groups excluding carboxylic acids is 3. The largest absolute Gasteiger partial charge is 0.490 e. The van der Waals surface area contributed by atoms with Crippen molar-refractivity contribution in [2.24, 2.45) is 10.9 Å². The molecule has 2 amide bonds. The molecular weight excluding hydrogens is 697 g/mol. The smallest absolute Gasteiger partial charge is 0.462 e. The number of alkyl halides is 3. The van der Waals surface area contributed by atoms with Crippen molar-refractivity contribution >= 4 is 29.2 Å². The van der Waals surface area contributed by atoms with Crippen molar-refractivity contribution in [1.29, 1.82) is 0 Å². The maximum atomic E-state index is 13.5. The van der Waals surface area contributed by atoms with Gasteiger partial charge in [-0.2, -0.15) is 13.2 Å². The predicted octanol–water partition coefficient (Wildman–Crippen LogP) is 6.27. The van der Waals surface area contributed by atoms with E-state index in [1.54, 1.807) is 0 Å². The Morgan fingerprint density at radius 1 is 0.907 bits per heavy atom. The van der Waals surface area contributed by atoms with Crippen LogP contribution in [-0.4, -0.2) is 72.6 Å². The third-order valence-corrected chi connectivity index (χ3v) is 10.3. The van der Waals surface area contributed by atoms with Gasteiger partial charge in [-0.25, -0.2) is 4.79 Å². The van der Waals surface area contributed by atoms with Gasteiger partial charge in [-0.15, -0.1) is 0 Å². The molecule has 282 valence electrons. The van der Waals surface area contributed by atoms with E-state index in [4.69, 9.17) is 0 Å². The van der Waals surface area contributed by atoms with Gasteiger partial charge in [0.1, 0.15) is 25.3 Å². The first-order chi connectivity index (χ1) is 25.9. The van der Waals surface area contributed by atoms with E-state index < -0.39 is 18.2 Å². The number of aliphatic hydroxyl groups excluding tert-OH is 1. The summed E-state index contributed by atoms with van der Waals surface area (Å²) in [5, 5.41) is 13.8. The topological polar surface area (TPSA) is 108 Å². The summed E-state index contributed by atoms with van der Waals surface area (Å²) in [4.78, 5) is 42.2. The van der Waals surface area contributed by atoms with Crippen LogP contribution < -0.4 is 10.2 Å². The zero-order valence-electron chi connectivity index (χ0n) is 30.0. The van der Waals surface area contributed by atoms with Gasteiger partial charge in [-0.3, -0.25) is 14.6 Å². The number of hydrogen-bond acceptors (Lipinski definition) is 6. The van der Waals surface area contributed by atoms with Crippen LogP contribution in [0.3, 0.4) is 0 Å². The molecule has 2 N–H and O–H groups in total. The van der Waals surface area contributed by atoms with Gasteiger partial charge in [0.25, 0.3) is 0 Å². The minimum Gasteiger partial charge on any atom is -0.462 e. The molecule has 4 aromatic carbocycles. The predicted molar refractivity (Wildman–Crippen MR) is 198 cm³/mol. The lowest BCUT2D eigenvalue weighted by Gasteiger charge is -2.48. The highest BCUT2D eigenvalue weighted by molar-refractivity contribution is 6.03. The number of fused-ring (bicyclic) bond motifs is 2. The van der Waals surface area contributed by atoms with Crippen molar-refractivity contribution in [2.45, 2.75) is 50.7 Å². The Hall–Kier alpha value is -5.33. The first-order valence-corrected chi connectivity index (χ1v) is 18.0. The summed E-state index contributed by atoms with van der Waals surface area (Å²) in [6, 6.07) is 36.0. The molecule has 4 aromatic rings. The van der Waals surface area contributed by atoms with Crippen LogP contribution >= 0.6 is 0 Å². The molecule has 0 saturated carbocycles. The van der Waals surface area contributed by atoms with Crippen LogP contribution in [-0.2, 0) is 38.6 Å². The van der Waals surface area contributed by atoms with E-state index >= 15 is 0 Å². The molecule has 12 heteroatoms. The average Bonchev–Trinajstić information content (AvgIpc) is 3.17. The molecule has 4 heterocycles.